The van der Waals surface area contributed by atoms with E-state index in [9.17, 15) is 14.4 Å². The van der Waals surface area contributed by atoms with Crippen LogP contribution in [0, 0.1) is 0 Å². The van der Waals surface area contributed by atoms with Crippen molar-refractivity contribution < 1.29 is 9.53 Å². The maximum atomic E-state index is 12.9. The van der Waals surface area contributed by atoms with Gasteiger partial charge in [-0.25, -0.2) is 4.98 Å². The monoisotopic (exact) mass is 470 g/mol. The number of carbonyl (C=O) groups is 1. The first kappa shape index (κ1) is 23.7. The van der Waals surface area contributed by atoms with Gasteiger partial charge in [0.1, 0.15) is 16.4 Å². The van der Waals surface area contributed by atoms with Gasteiger partial charge >= 0.3 is 0 Å². The van der Waals surface area contributed by atoms with Crippen LogP contribution < -0.4 is 26.6 Å². The molecule has 0 saturated carbocycles. The molecule has 0 fully saturated rings. The van der Waals surface area contributed by atoms with Crippen molar-refractivity contribution in [2.75, 3.05) is 7.11 Å². The number of hydrogen-bond acceptors (Lipinski definition) is 5. The molecule has 0 aliphatic rings. The van der Waals surface area contributed by atoms with E-state index in [-0.39, 0.29) is 21.9 Å². The zero-order valence-electron chi connectivity index (χ0n) is 19.9. The number of H-pyrrole nitrogens is 3. The van der Waals surface area contributed by atoms with Gasteiger partial charge in [-0.15, -0.1) is 0 Å². The van der Waals surface area contributed by atoms with Crippen molar-refractivity contribution in [3.63, 3.8) is 0 Å². The Morgan fingerprint density at radius 2 is 1.54 bits per heavy atom. The van der Waals surface area contributed by atoms with Crippen LogP contribution in [-0.4, -0.2) is 32.8 Å². The molecule has 0 aliphatic carbocycles. The molecule has 2 aromatic carbocycles. The first-order chi connectivity index (χ1) is 16.7. The van der Waals surface area contributed by atoms with Crippen LogP contribution in [-0.2, 0) is 5.41 Å². The highest BCUT2D eigenvalue weighted by Gasteiger charge is 2.19. The smallest absolute Gasteiger partial charge is 0.272 e. The summed E-state index contributed by atoms with van der Waals surface area (Å²) >= 11 is 0. The van der Waals surface area contributed by atoms with E-state index in [1.807, 2.05) is 20.8 Å². The Hall–Kier alpha value is -4.46. The average molecular weight is 471 g/mol. The third-order valence-corrected chi connectivity index (χ3v) is 5.48. The van der Waals surface area contributed by atoms with E-state index in [0.717, 1.165) is 5.69 Å². The number of methoxy groups -OCH3 is 1. The van der Waals surface area contributed by atoms with Crippen LogP contribution in [0.4, 0.5) is 0 Å². The molecule has 0 unspecified atom stereocenters. The van der Waals surface area contributed by atoms with E-state index in [1.165, 1.54) is 6.08 Å². The fourth-order valence-corrected chi connectivity index (χ4v) is 3.72. The predicted octanol–water partition coefficient (Wildman–Crippen LogP) is 1.98. The molecule has 35 heavy (non-hydrogen) atoms. The standard InChI is InChI=1S/C27H26N4O4/c1-27(2,3)24-20(28-15-29-24)14-22-26(34)30-21(25(33)31-22)12-16-7-5-8-17(11-16)23(32)18-9-6-10-19(13-18)35-4/h5-15H,1-4H3,(H,28,29)(H,30,34)(H,31,33)/b21-12-,22-14-. The second-order valence-electron chi connectivity index (χ2n) is 9.12. The van der Waals surface area contributed by atoms with Crippen LogP contribution in [0.1, 0.15) is 53.6 Å². The topological polar surface area (TPSA) is 121 Å². The Labute approximate surface area is 201 Å². The first-order valence-electron chi connectivity index (χ1n) is 11.0. The van der Waals surface area contributed by atoms with E-state index in [4.69, 9.17) is 4.74 Å². The number of ether oxygens (including phenoxy) is 1. The Morgan fingerprint density at radius 3 is 2.20 bits per heavy atom. The van der Waals surface area contributed by atoms with Gasteiger partial charge in [0.25, 0.3) is 11.1 Å². The summed E-state index contributed by atoms with van der Waals surface area (Å²) in [5.41, 5.74) is 1.83. The van der Waals surface area contributed by atoms with Crippen molar-refractivity contribution >= 4 is 17.9 Å². The Morgan fingerprint density at radius 1 is 0.914 bits per heavy atom. The SMILES string of the molecule is COc1cccc(C(=O)c2cccc(/C=c3\[nH]c(=O)/c(=C/c4nc[nH]c4C(C)(C)C)[nH]c3=O)c2)c1. The first-order valence-corrected chi connectivity index (χ1v) is 11.0. The molecule has 0 bridgehead atoms. The molecule has 3 N–H and O–H groups in total. The van der Waals surface area contributed by atoms with Gasteiger partial charge in [-0.3, -0.25) is 14.4 Å². The second-order valence-corrected chi connectivity index (χ2v) is 9.12. The summed E-state index contributed by atoms with van der Waals surface area (Å²) in [7, 11) is 1.54. The number of aromatic amines is 3. The molecule has 0 aliphatic heterocycles. The largest absolute Gasteiger partial charge is 0.497 e. The van der Waals surface area contributed by atoms with Gasteiger partial charge in [-0.2, -0.15) is 0 Å². The van der Waals surface area contributed by atoms with Gasteiger partial charge in [-0.1, -0.05) is 51.1 Å². The normalized spacial score (nSPS) is 12.7. The Bertz CT molecular complexity index is 1630. The maximum absolute atomic E-state index is 12.9. The van der Waals surface area contributed by atoms with Gasteiger partial charge < -0.3 is 19.7 Å². The summed E-state index contributed by atoms with van der Waals surface area (Å²) in [4.78, 5) is 51.0. The lowest BCUT2D eigenvalue weighted by molar-refractivity contribution is 0.103. The summed E-state index contributed by atoms with van der Waals surface area (Å²) in [6.45, 7) is 6.07. The summed E-state index contributed by atoms with van der Waals surface area (Å²) in [6.07, 6.45) is 4.64. The lowest BCUT2D eigenvalue weighted by Gasteiger charge is -2.16. The number of rotatable bonds is 5. The number of benzene rings is 2. The molecule has 178 valence electrons. The number of hydrogen-bond donors (Lipinski definition) is 3. The number of carbonyl (C=O) groups excluding carboxylic acids is 1. The summed E-state index contributed by atoms with van der Waals surface area (Å²) in [5.74, 6) is 0.407. The lowest BCUT2D eigenvalue weighted by Crippen LogP contribution is -2.46. The van der Waals surface area contributed by atoms with E-state index in [2.05, 4.69) is 19.9 Å². The molecule has 0 atom stereocenters. The molecule has 8 heteroatoms. The summed E-state index contributed by atoms with van der Waals surface area (Å²) in [6, 6.07) is 13.7. The van der Waals surface area contributed by atoms with Crippen molar-refractivity contribution in [1.29, 1.82) is 0 Å². The third kappa shape index (κ3) is 5.22. The quantitative estimate of drug-likeness (QED) is 0.385. The number of ketones is 1. The summed E-state index contributed by atoms with van der Waals surface area (Å²) in [5, 5.41) is 0.183. The molecule has 0 amide bonds. The highest BCUT2D eigenvalue weighted by Crippen LogP contribution is 2.22. The highest BCUT2D eigenvalue weighted by atomic mass is 16.5. The molecular formula is C27H26N4O4. The van der Waals surface area contributed by atoms with E-state index in [1.54, 1.807) is 68.0 Å². The molecule has 4 aromatic rings. The highest BCUT2D eigenvalue weighted by molar-refractivity contribution is 6.09. The van der Waals surface area contributed by atoms with E-state index >= 15 is 0 Å². The number of aromatic nitrogens is 4. The molecule has 0 radical (unpaired) electrons. The van der Waals surface area contributed by atoms with Crippen molar-refractivity contribution in [1.82, 2.24) is 19.9 Å². The molecule has 8 nitrogen and oxygen atoms in total. The minimum absolute atomic E-state index is 0.0798. The predicted molar refractivity (Wildman–Crippen MR) is 134 cm³/mol. The molecule has 2 heterocycles. The lowest BCUT2D eigenvalue weighted by atomic mass is 9.90. The van der Waals surface area contributed by atoms with Gasteiger partial charge in [0.2, 0.25) is 0 Å². The van der Waals surface area contributed by atoms with Gasteiger partial charge in [-0.05, 0) is 35.9 Å². The fourth-order valence-electron chi connectivity index (χ4n) is 3.72. The van der Waals surface area contributed by atoms with Crippen LogP contribution in [0.3, 0.4) is 0 Å². The van der Waals surface area contributed by atoms with Crippen molar-refractivity contribution in [3.8, 4) is 5.75 Å². The molecular weight excluding hydrogens is 444 g/mol. The van der Waals surface area contributed by atoms with E-state index in [0.29, 0.717) is 28.1 Å². The number of imidazole rings is 1. The van der Waals surface area contributed by atoms with Gasteiger partial charge in [0.05, 0.1) is 19.1 Å². The Balaban J connectivity index is 1.72. The fraction of sp³-hybridized carbons (Fsp3) is 0.185. The molecule has 0 saturated heterocycles. The maximum Gasteiger partial charge on any atom is 0.272 e. The minimum atomic E-state index is -0.465. The number of nitrogens with zero attached hydrogens (tertiary/aromatic N) is 1. The molecule has 4 rings (SSSR count). The van der Waals surface area contributed by atoms with Crippen LogP contribution in [0.2, 0.25) is 0 Å². The second kappa shape index (κ2) is 9.42. The van der Waals surface area contributed by atoms with Crippen LogP contribution in [0.5, 0.6) is 5.75 Å². The Kier molecular flexibility index (Phi) is 6.38. The zero-order valence-corrected chi connectivity index (χ0v) is 19.9. The van der Waals surface area contributed by atoms with Crippen molar-refractivity contribution in [2.24, 2.45) is 0 Å². The number of nitrogens with one attached hydrogen (secondary N) is 3. The van der Waals surface area contributed by atoms with E-state index < -0.39 is 11.1 Å². The average Bonchev–Trinajstić information content (AvgIpc) is 3.31. The van der Waals surface area contributed by atoms with Crippen LogP contribution in [0.15, 0.2) is 64.4 Å². The zero-order chi connectivity index (χ0) is 25.2. The minimum Gasteiger partial charge on any atom is -0.497 e. The summed E-state index contributed by atoms with van der Waals surface area (Å²) < 4.78 is 5.19. The molecule has 2 aromatic heterocycles. The van der Waals surface area contributed by atoms with Gasteiger partial charge in [0.15, 0.2) is 5.78 Å². The van der Waals surface area contributed by atoms with Crippen molar-refractivity contribution in [2.45, 2.75) is 26.2 Å². The van der Waals surface area contributed by atoms with Crippen molar-refractivity contribution in [3.05, 3.63) is 114 Å². The van der Waals surface area contributed by atoms with Crippen LogP contribution in [0.25, 0.3) is 12.2 Å². The third-order valence-electron chi connectivity index (χ3n) is 5.48. The molecule has 0 spiro atoms. The van der Waals surface area contributed by atoms with Gasteiger partial charge in [0, 0.05) is 22.2 Å². The van der Waals surface area contributed by atoms with Crippen LogP contribution >= 0.6 is 0 Å².